The maximum atomic E-state index is 12.4. The van der Waals surface area contributed by atoms with Gasteiger partial charge in [0.05, 0.1) is 4.90 Å². The van der Waals surface area contributed by atoms with Gasteiger partial charge in [-0.25, -0.2) is 8.42 Å². The summed E-state index contributed by atoms with van der Waals surface area (Å²) in [6.07, 6.45) is 1.90. The molecule has 1 fully saturated rings. The standard InChI is InChI=1S/C13H19ClN2O2S/c1-3-15-9-10-8-12(6-7-13(10)14)19(17,18)16(2)11-4-5-11/h6-8,11,15H,3-5,9H2,1-2H3. The molecule has 6 heteroatoms. The number of hydrogen-bond acceptors (Lipinski definition) is 3. The third-order valence-corrected chi connectivity index (χ3v) is 5.60. The first-order chi connectivity index (χ1) is 8.96. The van der Waals surface area contributed by atoms with Gasteiger partial charge in [-0.15, -0.1) is 0 Å². The number of sulfonamides is 1. The van der Waals surface area contributed by atoms with Crippen LogP contribution in [0.15, 0.2) is 23.1 Å². The monoisotopic (exact) mass is 302 g/mol. The van der Waals surface area contributed by atoms with Crippen molar-refractivity contribution in [3.05, 3.63) is 28.8 Å². The van der Waals surface area contributed by atoms with Crippen LogP contribution >= 0.6 is 11.6 Å². The van der Waals surface area contributed by atoms with Gasteiger partial charge < -0.3 is 5.32 Å². The average molecular weight is 303 g/mol. The first kappa shape index (κ1) is 14.8. The summed E-state index contributed by atoms with van der Waals surface area (Å²) in [6, 6.07) is 5.06. The van der Waals surface area contributed by atoms with E-state index in [1.807, 2.05) is 6.92 Å². The lowest BCUT2D eigenvalue weighted by molar-refractivity contribution is 0.464. The Bertz CT molecular complexity index is 556. The predicted molar refractivity (Wildman–Crippen MR) is 76.8 cm³/mol. The van der Waals surface area contributed by atoms with Gasteiger partial charge in [-0.2, -0.15) is 4.31 Å². The molecule has 0 saturated heterocycles. The second-order valence-electron chi connectivity index (χ2n) is 4.79. The molecule has 4 nitrogen and oxygen atoms in total. The molecule has 1 aliphatic rings. The maximum Gasteiger partial charge on any atom is 0.243 e. The number of rotatable bonds is 6. The van der Waals surface area contributed by atoms with E-state index in [0.717, 1.165) is 24.9 Å². The van der Waals surface area contributed by atoms with Crippen LogP contribution in [0.4, 0.5) is 0 Å². The first-order valence-corrected chi connectivity index (χ1v) is 8.25. The molecule has 1 aromatic rings. The minimum atomic E-state index is -3.39. The Morgan fingerprint density at radius 2 is 2.11 bits per heavy atom. The Hall–Kier alpha value is -0.620. The summed E-state index contributed by atoms with van der Waals surface area (Å²) in [7, 11) is -1.75. The molecule has 1 saturated carbocycles. The van der Waals surface area contributed by atoms with Crippen molar-refractivity contribution in [1.82, 2.24) is 9.62 Å². The summed E-state index contributed by atoms with van der Waals surface area (Å²) in [5.41, 5.74) is 0.814. The van der Waals surface area contributed by atoms with Crippen molar-refractivity contribution in [2.75, 3.05) is 13.6 Å². The Kier molecular flexibility index (Phi) is 4.50. The van der Waals surface area contributed by atoms with Gasteiger partial charge in [-0.1, -0.05) is 18.5 Å². The van der Waals surface area contributed by atoms with E-state index in [9.17, 15) is 8.42 Å². The van der Waals surface area contributed by atoms with Crippen molar-refractivity contribution in [1.29, 1.82) is 0 Å². The second kappa shape index (κ2) is 5.79. The smallest absolute Gasteiger partial charge is 0.243 e. The Morgan fingerprint density at radius 3 is 2.68 bits per heavy atom. The Labute approximate surface area is 119 Å². The van der Waals surface area contributed by atoms with Crippen LogP contribution in [0.5, 0.6) is 0 Å². The molecule has 0 unspecified atom stereocenters. The zero-order valence-corrected chi connectivity index (χ0v) is 12.8. The van der Waals surface area contributed by atoms with E-state index in [0.29, 0.717) is 16.5 Å². The molecule has 0 aromatic heterocycles. The van der Waals surface area contributed by atoms with Crippen LogP contribution in [0.2, 0.25) is 5.02 Å². The van der Waals surface area contributed by atoms with Crippen LogP contribution in [-0.4, -0.2) is 32.4 Å². The van der Waals surface area contributed by atoms with Crippen molar-refractivity contribution in [2.45, 2.75) is 37.2 Å². The number of benzene rings is 1. The SMILES string of the molecule is CCNCc1cc(S(=O)(=O)N(C)C2CC2)ccc1Cl. The summed E-state index contributed by atoms with van der Waals surface area (Å²) in [4.78, 5) is 0.319. The molecule has 0 bridgehead atoms. The molecule has 0 amide bonds. The highest BCUT2D eigenvalue weighted by Gasteiger charge is 2.35. The number of nitrogens with one attached hydrogen (secondary N) is 1. The molecule has 1 aliphatic carbocycles. The highest BCUT2D eigenvalue weighted by Crippen LogP contribution is 2.31. The summed E-state index contributed by atoms with van der Waals surface area (Å²) in [5, 5.41) is 3.75. The van der Waals surface area contributed by atoms with E-state index >= 15 is 0 Å². The molecule has 1 aromatic carbocycles. The van der Waals surface area contributed by atoms with Crippen LogP contribution in [0.3, 0.4) is 0 Å². The summed E-state index contributed by atoms with van der Waals surface area (Å²) in [6.45, 7) is 3.39. The molecular weight excluding hydrogens is 284 g/mol. The molecule has 0 spiro atoms. The van der Waals surface area contributed by atoms with E-state index in [-0.39, 0.29) is 6.04 Å². The van der Waals surface area contributed by atoms with Crippen molar-refractivity contribution in [2.24, 2.45) is 0 Å². The van der Waals surface area contributed by atoms with Crippen LogP contribution in [-0.2, 0) is 16.6 Å². The molecule has 0 aliphatic heterocycles. The van der Waals surface area contributed by atoms with Gasteiger partial charge in [0, 0.05) is 24.7 Å². The van der Waals surface area contributed by atoms with E-state index in [4.69, 9.17) is 11.6 Å². The fraction of sp³-hybridized carbons (Fsp3) is 0.538. The van der Waals surface area contributed by atoms with Gasteiger partial charge >= 0.3 is 0 Å². The number of halogens is 1. The lowest BCUT2D eigenvalue weighted by atomic mass is 10.2. The summed E-state index contributed by atoms with van der Waals surface area (Å²) < 4.78 is 26.3. The van der Waals surface area contributed by atoms with Gasteiger partial charge in [0.1, 0.15) is 0 Å². The maximum absolute atomic E-state index is 12.4. The highest BCUT2D eigenvalue weighted by molar-refractivity contribution is 7.89. The van der Waals surface area contributed by atoms with E-state index in [1.54, 1.807) is 25.2 Å². The minimum Gasteiger partial charge on any atom is -0.313 e. The van der Waals surface area contributed by atoms with Gasteiger partial charge in [0.15, 0.2) is 0 Å². The zero-order valence-electron chi connectivity index (χ0n) is 11.2. The zero-order chi connectivity index (χ0) is 14.0. The van der Waals surface area contributed by atoms with E-state index in [1.165, 1.54) is 4.31 Å². The normalized spacial score (nSPS) is 16.0. The Morgan fingerprint density at radius 1 is 1.42 bits per heavy atom. The van der Waals surface area contributed by atoms with Gasteiger partial charge in [0.25, 0.3) is 0 Å². The van der Waals surface area contributed by atoms with Crippen LogP contribution in [0, 0.1) is 0 Å². The van der Waals surface area contributed by atoms with E-state index < -0.39 is 10.0 Å². The summed E-state index contributed by atoms with van der Waals surface area (Å²) >= 11 is 6.09. The van der Waals surface area contributed by atoms with Crippen LogP contribution < -0.4 is 5.32 Å². The van der Waals surface area contributed by atoms with Gasteiger partial charge in [-0.05, 0) is 43.1 Å². The molecule has 19 heavy (non-hydrogen) atoms. The van der Waals surface area contributed by atoms with Crippen LogP contribution in [0.1, 0.15) is 25.3 Å². The largest absolute Gasteiger partial charge is 0.313 e. The van der Waals surface area contributed by atoms with Crippen LogP contribution in [0.25, 0.3) is 0 Å². The minimum absolute atomic E-state index is 0.165. The molecular formula is C13H19ClN2O2S. The fourth-order valence-corrected chi connectivity index (χ4v) is 3.56. The molecule has 1 N–H and O–H groups in total. The highest BCUT2D eigenvalue weighted by atomic mass is 35.5. The lowest BCUT2D eigenvalue weighted by Crippen LogP contribution is -2.29. The number of hydrogen-bond donors (Lipinski definition) is 1. The van der Waals surface area contributed by atoms with Crippen molar-refractivity contribution >= 4 is 21.6 Å². The molecule has 0 heterocycles. The third kappa shape index (κ3) is 3.28. The third-order valence-electron chi connectivity index (χ3n) is 3.32. The molecule has 0 radical (unpaired) electrons. The van der Waals surface area contributed by atoms with E-state index in [2.05, 4.69) is 5.32 Å². The first-order valence-electron chi connectivity index (χ1n) is 6.44. The molecule has 0 atom stereocenters. The quantitative estimate of drug-likeness (QED) is 0.877. The van der Waals surface area contributed by atoms with Gasteiger partial charge in [0.2, 0.25) is 10.0 Å². The fourth-order valence-electron chi connectivity index (χ4n) is 1.91. The van der Waals surface area contributed by atoms with Gasteiger partial charge in [-0.3, -0.25) is 0 Å². The lowest BCUT2D eigenvalue weighted by Gasteiger charge is -2.17. The average Bonchev–Trinajstić information content (AvgIpc) is 3.20. The Balaban J connectivity index is 2.29. The number of nitrogens with zero attached hydrogens (tertiary/aromatic N) is 1. The molecule has 2 rings (SSSR count). The van der Waals surface area contributed by atoms with Crippen molar-refractivity contribution < 1.29 is 8.42 Å². The predicted octanol–water partition coefficient (Wildman–Crippen LogP) is 2.23. The van der Waals surface area contributed by atoms with Crippen molar-refractivity contribution in [3.8, 4) is 0 Å². The van der Waals surface area contributed by atoms with Crippen molar-refractivity contribution in [3.63, 3.8) is 0 Å². The summed E-state index contributed by atoms with van der Waals surface area (Å²) in [5.74, 6) is 0. The molecule has 106 valence electrons. The second-order valence-corrected chi connectivity index (χ2v) is 7.19. The topological polar surface area (TPSA) is 49.4 Å².